The van der Waals surface area contributed by atoms with E-state index in [0.29, 0.717) is 6.42 Å². The first-order valence-electron chi connectivity index (χ1n) is 5.41. The molecule has 1 amide bonds. The van der Waals surface area contributed by atoms with E-state index < -0.39 is 11.4 Å². The van der Waals surface area contributed by atoms with E-state index in [1.807, 2.05) is 43.3 Å². The van der Waals surface area contributed by atoms with Gasteiger partial charge in [-0.15, -0.1) is 0 Å². The fourth-order valence-electron chi connectivity index (χ4n) is 1.51. The molecule has 0 heterocycles. The van der Waals surface area contributed by atoms with Crippen LogP contribution in [-0.2, 0) is 4.79 Å². The van der Waals surface area contributed by atoms with Crippen LogP contribution >= 0.6 is 0 Å². The standard InChI is InChI=1S/C13H18N2O/c1-2-9-13(15,12(14)16)10-8-11-6-4-3-5-7-11/h3-8,10H,2,9,15H2,1H3,(H2,14,16). The largest absolute Gasteiger partial charge is 0.368 e. The highest BCUT2D eigenvalue weighted by atomic mass is 16.1. The van der Waals surface area contributed by atoms with E-state index in [1.165, 1.54) is 0 Å². The first kappa shape index (κ1) is 12.5. The number of amides is 1. The quantitative estimate of drug-likeness (QED) is 0.789. The summed E-state index contributed by atoms with van der Waals surface area (Å²) in [6.45, 7) is 1.97. The summed E-state index contributed by atoms with van der Waals surface area (Å²) in [5, 5.41) is 0. The van der Waals surface area contributed by atoms with Crippen molar-refractivity contribution in [3.05, 3.63) is 42.0 Å². The maximum absolute atomic E-state index is 11.3. The number of carbonyl (C=O) groups excluding carboxylic acids is 1. The third-order valence-corrected chi connectivity index (χ3v) is 2.50. The molecule has 0 aliphatic rings. The average Bonchev–Trinajstić information content (AvgIpc) is 2.28. The maximum Gasteiger partial charge on any atom is 0.241 e. The Hall–Kier alpha value is -1.61. The molecule has 1 rings (SSSR count). The molecule has 86 valence electrons. The maximum atomic E-state index is 11.3. The zero-order chi connectivity index (χ0) is 12.0. The Balaban J connectivity index is 2.84. The molecule has 1 aromatic rings. The SMILES string of the molecule is CCCC(N)(C=Cc1ccccc1)C(N)=O. The zero-order valence-corrected chi connectivity index (χ0v) is 9.52. The summed E-state index contributed by atoms with van der Waals surface area (Å²) in [7, 11) is 0. The molecule has 4 N–H and O–H groups in total. The van der Waals surface area contributed by atoms with E-state index in [0.717, 1.165) is 12.0 Å². The monoisotopic (exact) mass is 218 g/mol. The van der Waals surface area contributed by atoms with Crippen LogP contribution in [0.25, 0.3) is 6.08 Å². The van der Waals surface area contributed by atoms with Gasteiger partial charge in [0.25, 0.3) is 0 Å². The van der Waals surface area contributed by atoms with E-state index in [9.17, 15) is 4.79 Å². The highest BCUT2D eigenvalue weighted by Gasteiger charge is 2.27. The summed E-state index contributed by atoms with van der Waals surface area (Å²) < 4.78 is 0. The van der Waals surface area contributed by atoms with Crippen molar-refractivity contribution < 1.29 is 4.79 Å². The van der Waals surface area contributed by atoms with Crippen molar-refractivity contribution in [2.75, 3.05) is 0 Å². The van der Waals surface area contributed by atoms with Crippen LogP contribution in [0.2, 0.25) is 0 Å². The molecule has 16 heavy (non-hydrogen) atoms. The summed E-state index contributed by atoms with van der Waals surface area (Å²) >= 11 is 0. The van der Waals surface area contributed by atoms with Gasteiger partial charge in [-0.3, -0.25) is 4.79 Å². The van der Waals surface area contributed by atoms with Gasteiger partial charge in [0.1, 0.15) is 5.54 Å². The molecule has 0 aromatic heterocycles. The van der Waals surface area contributed by atoms with Gasteiger partial charge in [0, 0.05) is 0 Å². The van der Waals surface area contributed by atoms with Crippen LogP contribution in [0.3, 0.4) is 0 Å². The second kappa shape index (κ2) is 5.47. The third-order valence-electron chi connectivity index (χ3n) is 2.50. The molecule has 3 nitrogen and oxygen atoms in total. The predicted molar refractivity (Wildman–Crippen MR) is 66.5 cm³/mol. The second-order valence-electron chi connectivity index (χ2n) is 3.90. The van der Waals surface area contributed by atoms with Gasteiger partial charge in [-0.25, -0.2) is 0 Å². The first-order valence-corrected chi connectivity index (χ1v) is 5.41. The molecular formula is C13H18N2O. The van der Waals surface area contributed by atoms with Crippen LogP contribution in [0.5, 0.6) is 0 Å². The second-order valence-corrected chi connectivity index (χ2v) is 3.90. The molecule has 0 aliphatic carbocycles. The Morgan fingerprint density at radius 2 is 2.00 bits per heavy atom. The summed E-state index contributed by atoms with van der Waals surface area (Å²) in [4.78, 5) is 11.3. The van der Waals surface area contributed by atoms with Gasteiger partial charge in [0.05, 0.1) is 0 Å². The van der Waals surface area contributed by atoms with Crippen LogP contribution in [0.1, 0.15) is 25.3 Å². The van der Waals surface area contributed by atoms with Crippen molar-refractivity contribution >= 4 is 12.0 Å². The zero-order valence-electron chi connectivity index (χ0n) is 9.52. The summed E-state index contributed by atoms with van der Waals surface area (Å²) in [6, 6.07) is 9.70. The van der Waals surface area contributed by atoms with Crippen LogP contribution in [0, 0.1) is 0 Å². The van der Waals surface area contributed by atoms with Gasteiger partial charge >= 0.3 is 0 Å². The van der Waals surface area contributed by atoms with E-state index in [1.54, 1.807) is 6.08 Å². The Labute approximate surface area is 96.1 Å². The minimum absolute atomic E-state index is 0.485. The first-order chi connectivity index (χ1) is 7.58. The Bertz CT molecular complexity index is 373. The number of rotatable bonds is 5. The highest BCUT2D eigenvalue weighted by molar-refractivity contribution is 5.87. The Morgan fingerprint density at radius 1 is 1.38 bits per heavy atom. The van der Waals surface area contributed by atoms with Crippen LogP contribution in [0.4, 0.5) is 0 Å². The van der Waals surface area contributed by atoms with Crippen molar-refractivity contribution in [2.24, 2.45) is 11.5 Å². The average molecular weight is 218 g/mol. The lowest BCUT2D eigenvalue weighted by Gasteiger charge is -2.20. The van der Waals surface area contributed by atoms with Crippen molar-refractivity contribution in [1.29, 1.82) is 0 Å². The van der Waals surface area contributed by atoms with Crippen molar-refractivity contribution in [2.45, 2.75) is 25.3 Å². The topological polar surface area (TPSA) is 69.1 Å². The summed E-state index contributed by atoms with van der Waals surface area (Å²) in [6.07, 6.45) is 4.90. The Kier molecular flexibility index (Phi) is 4.26. The number of benzene rings is 1. The van der Waals surface area contributed by atoms with E-state index in [2.05, 4.69) is 0 Å². The normalized spacial score (nSPS) is 14.9. The fraction of sp³-hybridized carbons (Fsp3) is 0.308. The van der Waals surface area contributed by atoms with Gasteiger partial charge in [-0.05, 0) is 12.0 Å². The van der Waals surface area contributed by atoms with Crippen LogP contribution < -0.4 is 11.5 Å². The lowest BCUT2D eigenvalue weighted by Crippen LogP contribution is -2.50. The number of hydrogen-bond donors (Lipinski definition) is 2. The number of hydrogen-bond acceptors (Lipinski definition) is 2. The van der Waals surface area contributed by atoms with Crippen LogP contribution in [-0.4, -0.2) is 11.4 Å². The molecule has 0 spiro atoms. The molecule has 1 atom stereocenters. The minimum atomic E-state index is -1.04. The van der Waals surface area contributed by atoms with Gasteiger partial charge in [-0.2, -0.15) is 0 Å². The van der Waals surface area contributed by atoms with E-state index in [4.69, 9.17) is 11.5 Å². The predicted octanol–water partition coefficient (Wildman–Crippen LogP) is 1.68. The van der Waals surface area contributed by atoms with Crippen molar-refractivity contribution in [1.82, 2.24) is 0 Å². The molecule has 0 radical (unpaired) electrons. The molecule has 0 aliphatic heterocycles. The van der Waals surface area contributed by atoms with Crippen molar-refractivity contribution in [3.63, 3.8) is 0 Å². The van der Waals surface area contributed by atoms with Gasteiger partial charge in [0.2, 0.25) is 5.91 Å². The lowest BCUT2D eigenvalue weighted by molar-refractivity contribution is -0.121. The molecule has 0 bridgehead atoms. The van der Waals surface area contributed by atoms with Gasteiger partial charge in [-0.1, -0.05) is 55.8 Å². The molecule has 0 saturated carbocycles. The third kappa shape index (κ3) is 3.21. The smallest absolute Gasteiger partial charge is 0.241 e. The van der Waals surface area contributed by atoms with E-state index >= 15 is 0 Å². The Morgan fingerprint density at radius 3 is 2.50 bits per heavy atom. The lowest BCUT2D eigenvalue weighted by atomic mass is 9.93. The summed E-state index contributed by atoms with van der Waals surface area (Å²) in [5.41, 5.74) is 11.2. The molecule has 1 aromatic carbocycles. The van der Waals surface area contributed by atoms with Gasteiger partial charge < -0.3 is 11.5 Å². The molecule has 0 fully saturated rings. The number of carbonyl (C=O) groups is 1. The molecule has 0 saturated heterocycles. The fourth-order valence-corrected chi connectivity index (χ4v) is 1.51. The van der Waals surface area contributed by atoms with Gasteiger partial charge in [0.15, 0.2) is 0 Å². The minimum Gasteiger partial charge on any atom is -0.368 e. The molecular weight excluding hydrogens is 200 g/mol. The van der Waals surface area contributed by atoms with Crippen molar-refractivity contribution in [3.8, 4) is 0 Å². The molecule has 3 heteroatoms. The van der Waals surface area contributed by atoms with Crippen LogP contribution in [0.15, 0.2) is 36.4 Å². The summed E-state index contributed by atoms with van der Waals surface area (Å²) in [5.74, 6) is -0.485. The highest BCUT2D eigenvalue weighted by Crippen LogP contribution is 2.13. The molecule has 1 unspecified atom stereocenters. The number of primary amides is 1. The number of nitrogens with two attached hydrogens (primary N) is 2. The van der Waals surface area contributed by atoms with E-state index in [-0.39, 0.29) is 0 Å².